The van der Waals surface area contributed by atoms with E-state index in [2.05, 4.69) is 20.7 Å². The van der Waals surface area contributed by atoms with Gasteiger partial charge in [-0.05, 0) is 19.1 Å². The Hall–Kier alpha value is -0.130. The Morgan fingerprint density at radius 3 is 3.29 bits per heavy atom. The van der Waals surface area contributed by atoms with Crippen LogP contribution in [0.1, 0.15) is 32.8 Å². The Kier molecular flexibility index (Phi) is 0.946. The lowest BCUT2D eigenvalue weighted by Gasteiger charge is -2.40. The zero-order chi connectivity index (χ0) is 20.9. The number of fused-ring (bicyclic) bond motifs is 1. The second-order valence-electron chi connectivity index (χ2n) is 2.43. The highest BCUT2D eigenvalue weighted by atomic mass is 79.9. The molecule has 14 heavy (non-hydrogen) atoms. The first-order valence-corrected chi connectivity index (χ1v) is 4.44. The summed E-state index contributed by atoms with van der Waals surface area (Å²) in [4.78, 5) is 9.44. The van der Waals surface area contributed by atoms with Crippen molar-refractivity contribution in [2.24, 2.45) is 5.89 Å². The van der Waals surface area contributed by atoms with E-state index >= 15 is 0 Å². The van der Waals surface area contributed by atoms with Gasteiger partial charge in [0.15, 0.2) is 7.74 Å². The number of hydrogen-bond donors (Lipinski definition) is 2. The summed E-state index contributed by atoms with van der Waals surface area (Å²) in [5.41, 5.74) is 0. The van der Waals surface area contributed by atoms with E-state index in [4.69, 9.17) is 16.5 Å². The average molecular weight is 275 g/mol. The second-order valence-corrected chi connectivity index (χ2v) is 3.22. The standard InChI is InChI=1S/C9H15BrN2O2/c1-14-9-11-7-4-5(10)2-3-6(7)8(13)12-9/h5-7,9,11H,2-4H2,1H3,(H,12,13)/i2D2,3D2,4D2,5D,6D,7D,9D/hD2. The van der Waals surface area contributed by atoms with Gasteiger partial charge in [0.1, 0.15) is 2.78 Å². The summed E-state index contributed by atoms with van der Waals surface area (Å²) in [7, 11) is 0.776. The summed E-state index contributed by atoms with van der Waals surface area (Å²) in [6.45, 7) is 0. The minimum Gasteiger partial charge on any atom is -0.348 e. The minimum atomic E-state index is -3.72. The summed E-state index contributed by atoms with van der Waals surface area (Å²) in [5, 5.41) is -0.825. The number of carbonyl (C=O) groups excluding carboxylic acids is 1. The zero-order valence-corrected chi connectivity index (χ0v) is 8.67. The number of methoxy groups -OCH3 is 1. The van der Waals surface area contributed by atoms with E-state index in [1.807, 2.05) is 0 Å². The Labute approximate surface area is 109 Å². The van der Waals surface area contributed by atoms with Gasteiger partial charge in [0.05, 0.1) is 5.89 Å². The maximum Gasteiger partial charge on any atom is 0.227 e. The second kappa shape index (κ2) is 4.16. The molecule has 2 rings (SSSR count). The van der Waals surface area contributed by atoms with Gasteiger partial charge in [-0.1, -0.05) is 15.9 Å². The topological polar surface area (TPSA) is 50.4 Å². The highest BCUT2D eigenvalue weighted by Gasteiger charge is 2.39. The molecule has 1 saturated heterocycles. The number of hydrogen-bond acceptors (Lipinski definition) is 3. The van der Waals surface area contributed by atoms with Crippen LogP contribution < -0.4 is 10.6 Å². The first-order chi connectivity index (χ1) is 11.3. The van der Waals surface area contributed by atoms with E-state index in [0.717, 1.165) is 7.11 Å². The first-order valence-electron chi connectivity index (χ1n) is 9.54. The normalized spacial score (nSPS) is 89.3. The Balaban J connectivity index is 3.02. The van der Waals surface area contributed by atoms with Gasteiger partial charge in [0.25, 0.3) is 0 Å². The third-order valence-corrected chi connectivity index (χ3v) is 1.96. The molecule has 4 nitrogen and oxygen atoms in total. The van der Waals surface area contributed by atoms with Gasteiger partial charge in [-0.3, -0.25) is 10.1 Å². The van der Waals surface area contributed by atoms with Crippen LogP contribution in [0.4, 0.5) is 0 Å². The van der Waals surface area contributed by atoms with Crippen LogP contribution in [-0.4, -0.2) is 30.2 Å². The monoisotopic (exact) mass is 274 g/mol. The van der Waals surface area contributed by atoms with Crippen molar-refractivity contribution >= 4 is 21.8 Å². The summed E-state index contributed by atoms with van der Waals surface area (Å²) >= 11 is 2.44. The molecule has 0 radical (unpaired) electrons. The van der Waals surface area contributed by atoms with Gasteiger partial charge in [-0.2, -0.15) is 0 Å². The third kappa shape index (κ3) is 1.94. The lowest BCUT2D eigenvalue weighted by Crippen LogP contribution is -2.63. The molecule has 4 unspecified atom stereocenters. The molecule has 0 aromatic heterocycles. The van der Waals surface area contributed by atoms with E-state index in [1.54, 1.807) is 0 Å². The highest BCUT2D eigenvalue weighted by molar-refractivity contribution is 9.09. The van der Waals surface area contributed by atoms with Crippen LogP contribution >= 0.6 is 15.9 Å². The molecule has 2 N–H and O–H groups in total. The van der Waals surface area contributed by atoms with Crippen molar-refractivity contribution in [3.05, 3.63) is 0 Å². The average Bonchev–Trinajstić information content (AvgIpc) is 2.54. The van der Waals surface area contributed by atoms with Crippen molar-refractivity contribution in [1.29, 1.82) is 0 Å². The zero-order valence-electron chi connectivity index (χ0n) is 19.1. The third-order valence-electron chi connectivity index (χ3n) is 1.56. The quantitative estimate of drug-likeness (QED) is 0.688. The number of amides is 1. The van der Waals surface area contributed by atoms with Crippen LogP contribution in [0.15, 0.2) is 0 Å². The molecule has 1 aliphatic heterocycles. The van der Waals surface area contributed by atoms with Crippen LogP contribution in [0, 0.1) is 5.89 Å². The number of carbonyl (C=O) groups is 1. The summed E-state index contributed by atoms with van der Waals surface area (Å²) in [6, 6.07) is -3.65. The molecule has 1 aliphatic carbocycles. The van der Waals surface area contributed by atoms with E-state index < -0.39 is 58.7 Å². The largest absolute Gasteiger partial charge is 0.348 e. The molecule has 1 amide bonds. The fourth-order valence-corrected chi connectivity index (χ4v) is 1.25. The highest BCUT2D eigenvalue weighted by Crippen LogP contribution is 2.31. The van der Waals surface area contributed by atoms with Crippen molar-refractivity contribution < 1.29 is 26.1 Å². The summed E-state index contributed by atoms with van der Waals surface area (Å²) < 4.78 is 101. The van der Waals surface area contributed by atoms with Gasteiger partial charge in [0, 0.05) is 30.3 Å². The van der Waals surface area contributed by atoms with Crippen LogP contribution in [0.2, 0.25) is 2.82 Å². The molecule has 0 bridgehead atoms. The fraction of sp³-hybridized carbons (Fsp3) is 0.889. The first kappa shape index (κ1) is 3.18. The van der Waals surface area contributed by atoms with Crippen LogP contribution in [-0.2, 0) is 9.53 Å². The van der Waals surface area contributed by atoms with E-state index in [9.17, 15) is 4.79 Å². The van der Waals surface area contributed by atoms with E-state index in [1.165, 1.54) is 0 Å². The Morgan fingerprint density at radius 1 is 1.79 bits per heavy atom. The maximum atomic E-state index is 12.7. The van der Waals surface area contributed by atoms with Crippen molar-refractivity contribution in [1.82, 2.24) is 10.6 Å². The molecule has 1 heterocycles. The van der Waals surface area contributed by atoms with E-state index in [0.29, 0.717) is 0 Å². The van der Waals surface area contributed by atoms with Gasteiger partial charge in [-0.15, -0.1) is 0 Å². The SMILES string of the molecule is [2H]N1C(=O)C2([2H])C([2H])([2H])C([2H])([2H])C([2H])(Br)C([2H])([2H])C2([2H])N([2H])C1([2H])OC. The maximum absolute atomic E-state index is 12.7. The van der Waals surface area contributed by atoms with Crippen molar-refractivity contribution in [3.8, 4) is 0 Å². The Bertz CT molecular complexity index is 663. The fourth-order valence-electron chi connectivity index (χ4n) is 0.968. The molecule has 0 aromatic carbocycles. The van der Waals surface area contributed by atoms with Gasteiger partial charge < -0.3 is 10.0 Å². The lowest BCUT2D eigenvalue weighted by molar-refractivity contribution is -0.137. The predicted molar refractivity (Wildman–Crippen MR) is 55.9 cm³/mol. The van der Waals surface area contributed by atoms with Crippen molar-refractivity contribution in [3.63, 3.8) is 0 Å². The number of halogens is 1. The number of rotatable bonds is 1. The molecule has 5 heteroatoms. The molecule has 2 aliphatic rings. The number of alkyl halides is 1. The Morgan fingerprint density at radius 2 is 2.57 bits per heavy atom. The molecule has 0 spiro atoms. The van der Waals surface area contributed by atoms with Crippen molar-refractivity contribution in [2.75, 3.05) is 7.11 Å². The van der Waals surface area contributed by atoms with Crippen LogP contribution in [0.5, 0.6) is 0 Å². The summed E-state index contributed by atoms with van der Waals surface area (Å²) in [5.74, 6) is -5.67. The lowest BCUT2D eigenvalue weighted by atomic mass is 9.83. The predicted octanol–water partition coefficient (Wildman–Crippen LogP) is 0.568. The van der Waals surface area contributed by atoms with Gasteiger partial charge in [-0.25, -0.2) is 0 Å². The molecule has 80 valence electrons. The van der Waals surface area contributed by atoms with Gasteiger partial charge >= 0.3 is 0 Å². The molecular formula is C9H15BrN2O2. The van der Waals surface area contributed by atoms with E-state index in [-0.39, 0.29) is 0 Å². The molecular weight excluding hydrogens is 248 g/mol. The number of ether oxygens (including phenoxy) is 1. The number of nitrogens with one attached hydrogen (secondary N) is 2. The van der Waals surface area contributed by atoms with Gasteiger partial charge in [0.2, 0.25) is 5.91 Å². The smallest absolute Gasteiger partial charge is 0.227 e. The molecule has 0 aromatic rings. The van der Waals surface area contributed by atoms with Crippen molar-refractivity contribution in [2.45, 2.75) is 36.3 Å². The molecule has 2 fully saturated rings. The van der Waals surface area contributed by atoms with Crippen LogP contribution in [0.25, 0.3) is 0 Å². The summed E-state index contributed by atoms with van der Waals surface area (Å²) in [6.07, 6.45) is -14.0. The molecule has 4 atom stereocenters. The van der Waals surface area contributed by atoms with Crippen LogP contribution in [0.3, 0.4) is 0 Å². The minimum absolute atomic E-state index is 0.404. The molecule has 1 saturated carbocycles.